The third-order valence-corrected chi connectivity index (χ3v) is 7.99. The zero-order valence-corrected chi connectivity index (χ0v) is 18.8. The number of amides is 2. The summed E-state index contributed by atoms with van der Waals surface area (Å²) in [7, 11) is 0. The molecule has 0 N–H and O–H groups in total. The van der Waals surface area contributed by atoms with Crippen LogP contribution in [-0.2, 0) is 14.3 Å². The first kappa shape index (κ1) is 21.0. The molecule has 172 valence electrons. The van der Waals surface area contributed by atoms with Crippen LogP contribution in [0, 0.1) is 35.5 Å². The number of hydrogen-bond acceptors (Lipinski definition) is 5. The molecule has 1 aliphatic heterocycles. The second kappa shape index (κ2) is 7.76. The van der Waals surface area contributed by atoms with Crippen molar-refractivity contribution in [3.05, 3.63) is 77.9 Å². The number of rotatable bonds is 6. The third kappa shape index (κ3) is 3.08. The SMILES string of the molecule is CC[C@@H](OC(=O)c1ccc(N2C(=O)[C@@H]3[C@@H]4C=C[C@H]([C@H]5C[C@H]45)[C@@H]3C2=O)cc1)C(=O)c1ccccc1. The second-order valence-electron chi connectivity index (χ2n) is 9.75. The van der Waals surface area contributed by atoms with Crippen molar-refractivity contribution in [3.8, 4) is 0 Å². The maximum Gasteiger partial charge on any atom is 0.338 e. The van der Waals surface area contributed by atoms with Crippen LogP contribution in [0.5, 0.6) is 0 Å². The maximum absolute atomic E-state index is 13.3. The molecule has 6 heteroatoms. The van der Waals surface area contributed by atoms with Crippen LogP contribution in [-0.4, -0.2) is 29.7 Å². The van der Waals surface area contributed by atoms with Gasteiger partial charge in [-0.15, -0.1) is 0 Å². The number of imide groups is 1. The molecule has 2 saturated carbocycles. The summed E-state index contributed by atoms with van der Waals surface area (Å²) in [5.41, 5.74) is 1.23. The summed E-state index contributed by atoms with van der Waals surface area (Å²) in [5, 5.41) is 0. The largest absolute Gasteiger partial charge is 0.450 e. The van der Waals surface area contributed by atoms with Crippen molar-refractivity contribution in [2.45, 2.75) is 25.9 Å². The highest BCUT2D eigenvalue weighted by Crippen LogP contribution is 2.65. The van der Waals surface area contributed by atoms with Crippen molar-refractivity contribution in [1.29, 1.82) is 0 Å². The molecular formula is C28H25NO5. The molecule has 2 bridgehead atoms. The normalized spacial score (nSPS) is 31.1. The minimum Gasteiger partial charge on any atom is -0.450 e. The Labute approximate surface area is 197 Å². The van der Waals surface area contributed by atoms with E-state index in [1.165, 1.54) is 4.90 Å². The van der Waals surface area contributed by atoms with Crippen molar-refractivity contribution in [3.63, 3.8) is 0 Å². The van der Waals surface area contributed by atoms with Gasteiger partial charge in [-0.2, -0.15) is 0 Å². The number of hydrogen-bond donors (Lipinski definition) is 0. The minimum atomic E-state index is -0.881. The number of ketones is 1. The molecule has 7 atom stereocenters. The third-order valence-electron chi connectivity index (χ3n) is 7.99. The number of benzene rings is 2. The topological polar surface area (TPSA) is 80.8 Å². The fourth-order valence-corrected chi connectivity index (χ4v) is 6.27. The van der Waals surface area contributed by atoms with E-state index >= 15 is 0 Å². The van der Waals surface area contributed by atoms with E-state index in [-0.39, 0.29) is 46.8 Å². The molecule has 0 spiro atoms. The minimum absolute atomic E-state index is 0.130. The van der Waals surface area contributed by atoms with E-state index in [1.807, 2.05) is 6.07 Å². The van der Waals surface area contributed by atoms with Gasteiger partial charge in [0.25, 0.3) is 0 Å². The summed E-state index contributed by atoms with van der Waals surface area (Å²) in [6, 6.07) is 15.1. The molecule has 5 aliphatic rings. The van der Waals surface area contributed by atoms with E-state index in [0.29, 0.717) is 29.5 Å². The summed E-state index contributed by atoms with van der Waals surface area (Å²) >= 11 is 0. The van der Waals surface area contributed by atoms with Gasteiger partial charge in [0, 0.05) is 5.56 Å². The fourth-order valence-electron chi connectivity index (χ4n) is 6.27. The predicted octanol–water partition coefficient (Wildman–Crippen LogP) is 4.06. The lowest BCUT2D eigenvalue weighted by Gasteiger charge is -2.37. The molecule has 0 aromatic heterocycles. The van der Waals surface area contributed by atoms with Crippen LogP contribution in [0.1, 0.15) is 40.5 Å². The number of carbonyl (C=O) groups excluding carboxylic acids is 4. The number of carbonyl (C=O) groups is 4. The zero-order valence-electron chi connectivity index (χ0n) is 18.8. The highest BCUT2D eigenvalue weighted by atomic mass is 16.5. The zero-order chi connectivity index (χ0) is 23.6. The number of Topliss-reactive ketones (excluding diaryl/α,β-unsaturated/α-hetero) is 1. The fraction of sp³-hybridized carbons (Fsp3) is 0.357. The monoisotopic (exact) mass is 455 g/mol. The van der Waals surface area contributed by atoms with E-state index in [0.717, 1.165) is 6.42 Å². The number of esters is 1. The Morgan fingerprint density at radius 3 is 2.03 bits per heavy atom. The van der Waals surface area contributed by atoms with E-state index in [9.17, 15) is 19.2 Å². The summed E-state index contributed by atoms with van der Waals surface area (Å²) in [4.78, 5) is 53.2. The Kier molecular flexibility index (Phi) is 4.80. The van der Waals surface area contributed by atoms with Crippen LogP contribution in [0.15, 0.2) is 66.7 Å². The molecule has 1 heterocycles. The van der Waals surface area contributed by atoms with E-state index in [1.54, 1.807) is 55.5 Å². The molecule has 7 rings (SSSR count). The average Bonchev–Trinajstić information content (AvgIpc) is 3.65. The van der Waals surface area contributed by atoms with Crippen LogP contribution in [0.2, 0.25) is 0 Å². The van der Waals surface area contributed by atoms with Gasteiger partial charge in [0.1, 0.15) is 0 Å². The predicted molar refractivity (Wildman–Crippen MR) is 124 cm³/mol. The Hall–Kier alpha value is -3.54. The average molecular weight is 456 g/mol. The van der Waals surface area contributed by atoms with Gasteiger partial charge in [-0.05, 0) is 60.8 Å². The summed E-state index contributed by atoms with van der Waals surface area (Å²) in [6.45, 7) is 1.79. The Morgan fingerprint density at radius 2 is 1.47 bits per heavy atom. The molecule has 1 saturated heterocycles. The van der Waals surface area contributed by atoms with Crippen LogP contribution in [0.4, 0.5) is 5.69 Å². The molecule has 6 nitrogen and oxygen atoms in total. The van der Waals surface area contributed by atoms with Crippen molar-refractivity contribution in [1.82, 2.24) is 0 Å². The standard InChI is InChI=1S/C28H25NO5/c1-2-22(25(30)15-6-4-3-5-7-15)34-28(33)16-8-10-17(11-9-16)29-26(31)23-18-12-13-19(21-14-20(18)21)24(23)27(29)32/h3-13,18-24H,2,14H2,1H3/t18-,19-,20-,21-,22-,23-,24+/m1/s1. The summed E-state index contributed by atoms with van der Waals surface area (Å²) in [5.74, 6) is -0.194. The molecule has 0 unspecified atom stereocenters. The Balaban J connectivity index is 1.18. The van der Waals surface area contributed by atoms with Crippen LogP contribution < -0.4 is 4.90 Å². The van der Waals surface area contributed by atoms with Gasteiger partial charge < -0.3 is 4.74 Å². The van der Waals surface area contributed by atoms with Crippen molar-refractivity contribution in [2.75, 3.05) is 4.90 Å². The van der Waals surface area contributed by atoms with E-state index in [2.05, 4.69) is 12.2 Å². The number of ether oxygens (including phenoxy) is 1. The molecule has 3 fully saturated rings. The summed E-state index contributed by atoms with van der Waals surface area (Å²) < 4.78 is 5.50. The number of anilines is 1. The Bertz CT molecular complexity index is 1180. The molecule has 4 aliphatic carbocycles. The van der Waals surface area contributed by atoms with Gasteiger partial charge in [0.2, 0.25) is 17.6 Å². The van der Waals surface area contributed by atoms with Crippen LogP contribution in [0.25, 0.3) is 0 Å². The van der Waals surface area contributed by atoms with Gasteiger partial charge >= 0.3 is 5.97 Å². The van der Waals surface area contributed by atoms with Gasteiger partial charge in [0.05, 0.1) is 23.1 Å². The van der Waals surface area contributed by atoms with Crippen molar-refractivity contribution in [2.24, 2.45) is 35.5 Å². The second-order valence-corrected chi connectivity index (χ2v) is 9.75. The first-order chi connectivity index (χ1) is 16.5. The number of nitrogens with zero attached hydrogens (tertiary/aromatic N) is 1. The molecule has 2 aromatic rings. The highest BCUT2D eigenvalue weighted by Gasteiger charge is 2.67. The van der Waals surface area contributed by atoms with Gasteiger partial charge in [-0.3, -0.25) is 19.3 Å². The lowest BCUT2D eigenvalue weighted by Crippen LogP contribution is -2.40. The van der Waals surface area contributed by atoms with Crippen LogP contribution in [0.3, 0.4) is 0 Å². The first-order valence-corrected chi connectivity index (χ1v) is 12.0. The molecule has 2 amide bonds. The molecule has 0 radical (unpaired) electrons. The van der Waals surface area contributed by atoms with Crippen LogP contribution >= 0.6 is 0 Å². The van der Waals surface area contributed by atoms with Gasteiger partial charge in [0.15, 0.2) is 6.10 Å². The van der Waals surface area contributed by atoms with E-state index in [4.69, 9.17) is 4.74 Å². The van der Waals surface area contributed by atoms with E-state index < -0.39 is 12.1 Å². The lowest BCUT2D eigenvalue weighted by atomic mass is 9.63. The molecular weight excluding hydrogens is 430 g/mol. The van der Waals surface area contributed by atoms with Crippen molar-refractivity contribution >= 4 is 29.3 Å². The molecule has 2 aromatic carbocycles. The quantitative estimate of drug-likeness (QED) is 0.284. The van der Waals surface area contributed by atoms with Gasteiger partial charge in [-0.25, -0.2) is 4.79 Å². The highest BCUT2D eigenvalue weighted by molar-refractivity contribution is 6.22. The molecule has 34 heavy (non-hydrogen) atoms. The first-order valence-electron chi connectivity index (χ1n) is 12.0. The smallest absolute Gasteiger partial charge is 0.338 e. The van der Waals surface area contributed by atoms with Crippen molar-refractivity contribution < 1.29 is 23.9 Å². The summed E-state index contributed by atoms with van der Waals surface area (Å²) in [6.07, 6.45) is 4.89. The maximum atomic E-state index is 13.3. The number of allylic oxidation sites excluding steroid dienone is 2. The Morgan fingerprint density at radius 1 is 0.882 bits per heavy atom. The van der Waals surface area contributed by atoms with Gasteiger partial charge in [-0.1, -0.05) is 49.4 Å². The lowest BCUT2D eigenvalue weighted by molar-refractivity contribution is -0.124.